The van der Waals surface area contributed by atoms with Crippen LogP contribution in [-0.4, -0.2) is 0 Å². The van der Waals surface area contributed by atoms with Crippen molar-refractivity contribution >= 4 is 0 Å². The van der Waals surface area contributed by atoms with Crippen LogP contribution >= 0.6 is 0 Å². The van der Waals surface area contributed by atoms with Crippen molar-refractivity contribution < 1.29 is 0 Å². The number of allylic oxidation sites excluding steroid dienone is 2. The van der Waals surface area contributed by atoms with Crippen LogP contribution in [0.5, 0.6) is 0 Å². The first-order chi connectivity index (χ1) is 7.69. The van der Waals surface area contributed by atoms with Crippen LogP contribution in [0.1, 0.15) is 65.2 Å². The molecule has 0 aromatic heterocycles. The Morgan fingerprint density at radius 1 is 1.12 bits per heavy atom. The Morgan fingerprint density at radius 3 is 2.38 bits per heavy atom. The maximum atomic E-state index is 2.58. The van der Waals surface area contributed by atoms with E-state index in [9.17, 15) is 0 Å². The molecule has 4 fully saturated rings. The molecule has 4 aliphatic carbocycles. The highest BCUT2D eigenvalue weighted by atomic mass is 14.6. The standard InChI is InChI=1S/C16H26/c1-3-5-15-8-13-7-14(9-15)11-16(10-13,12-15)6-4-2/h3,5,13-14H,4,6-12H2,1-2H3/b5-3-. The first-order valence-corrected chi connectivity index (χ1v) is 7.33. The SMILES string of the molecule is C/C=C\C12CC3CC(C1)CC(CCC)(C3)C2. The minimum Gasteiger partial charge on any atom is -0.0911 e. The molecule has 0 N–H and O–H groups in total. The molecular formula is C16H26. The van der Waals surface area contributed by atoms with Crippen molar-refractivity contribution in [1.29, 1.82) is 0 Å². The van der Waals surface area contributed by atoms with Gasteiger partial charge in [0.2, 0.25) is 0 Å². The average molecular weight is 218 g/mol. The third-order valence-electron chi connectivity index (χ3n) is 5.53. The summed E-state index contributed by atoms with van der Waals surface area (Å²) in [7, 11) is 0. The van der Waals surface area contributed by atoms with Gasteiger partial charge in [-0.3, -0.25) is 0 Å². The Hall–Kier alpha value is -0.260. The van der Waals surface area contributed by atoms with E-state index >= 15 is 0 Å². The molecule has 0 radical (unpaired) electrons. The zero-order chi connectivity index (χ0) is 11.2. The molecule has 2 unspecified atom stereocenters. The summed E-state index contributed by atoms with van der Waals surface area (Å²) in [6.45, 7) is 4.59. The Labute approximate surface area is 101 Å². The average Bonchev–Trinajstić information content (AvgIpc) is 2.14. The van der Waals surface area contributed by atoms with Crippen LogP contribution in [0.15, 0.2) is 12.2 Å². The smallest absolute Gasteiger partial charge is 0.0108 e. The maximum Gasteiger partial charge on any atom is -0.0108 e. The van der Waals surface area contributed by atoms with Gasteiger partial charge in [-0.2, -0.15) is 0 Å². The van der Waals surface area contributed by atoms with Gasteiger partial charge in [0.25, 0.3) is 0 Å². The fourth-order valence-electron chi connectivity index (χ4n) is 5.90. The van der Waals surface area contributed by atoms with Crippen molar-refractivity contribution in [2.75, 3.05) is 0 Å². The highest BCUT2D eigenvalue weighted by Crippen LogP contribution is 2.66. The van der Waals surface area contributed by atoms with Gasteiger partial charge in [-0.25, -0.2) is 0 Å². The van der Waals surface area contributed by atoms with Crippen molar-refractivity contribution in [3.63, 3.8) is 0 Å². The van der Waals surface area contributed by atoms with Crippen LogP contribution in [-0.2, 0) is 0 Å². The van der Waals surface area contributed by atoms with Gasteiger partial charge >= 0.3 is 0 Å². The van der Waals surface area contributed by atoms with Crippen LogP contribution in [0, 0.1) is 22.7 Å². The Balaban J connectivity index is 1.90. The minimum absolute atomic E-state index is 0.633. The normalized spacial score (nSPS) is 50.4. The summed E-state index contributed by atoms with van der Waals surface area (Å²) in [6.07, 6.45) is 17.0. The number of rotatable bonds is 3. The van der Waals surface area contributed by atoms with Crippen LogP contribution < -0.4 is 0 Å². The molecule has 2 atom stereocenters. The van der Waals surface area contributed by atoms with Gasteiger partial charge in [0.15, 0.2) is 0 Å². The molecule has 0 spiro atoms. The highest BCUT2D eigenvalue weighted by molar-refractivity contribution is 5.14. The molecule has 0 amide bonds. The summed E-state index contributed by atoms with van der Waals surface area (Å²) in [6, 6.07) is 0. The third kappa shape index (κ3) is 1.57. The monoisotopic (exact) mass is 218 g/mol. The molecule has 0 heteroatoms. The molecule has 4 aliphatic rings. The predicted octanol–water partition coefficient (Wildman–Crippen LogP) is 4.95. The molecular weight excluding hydrogens is 192 g/mol. The van der Waals surface area contributed by atoms with Gasteiger partial charge in [0, 0.05) is 0 Å². The molecule has 16 heavy (non-hydrogen) atoms. The predicted molar refractivity (Wildman–Crippen MR) is 69.3 cm³/mol. The van der Waals surface area contributed by atoms with Gasteiger partial charge in [-0.15, -0.1) is 0 Å². The van der Waals surface area contributed by atoms with Crippen molar-refractivity contribution in [3.05, 3.63) is 12.2 Å². The fourth-order valence-corrected chi connectivity index (χ4v) is 5.90. The van der Waals surface area contributed by atoms with Crippen LogP contribution in [0.2, 0.25) is 0 Å². The van der Waals surface area contributed by atoms with Gasteiger partial charge in [0.05, 0.1) is 0 Å². The second-order valence-electron chi connectivity index (χ2n) is 7.07. The summed E-state index contributed by atoms with van der Waals surface area (Å²) in [5.41, 5.74) is 1.40. The second-order valence-corrected chi connectivity index (χ2v) is 7.07. The lowest BCUT2D eigenvalue weighted by molar-refractivity contribution is -0.0916. The Bertz CT molecular complexity index is 285. The Morgan fingerprint density at radius 2 is 1.81 bits per heavy atom. The van der Waals surface area contributed by atoms with Crippen molar-refractivity contribution in [1.82, 2.24) is 0 Å². The van der Waals surface area contributed by atoms with Gasteiger partial charge in [0.1, 0.15) is 0 Å². The lowest BCUT2D eigenvalue weighted by Crippen LogP contribution is -2.51. The van der Waals surface area contributed by atoms with Gasteiger partial charge in [-0.1, -0.05) is 25.5 Å². The summed E-state index contributed by atoms with van der Waals surface area (Å²) < 4.78 is 0. The van der Waals surface area contributed by atoms with E-state index < -0.39 is 0 Å². The summed E-state index contributed by atoms with van der Waals surface area (Å²) >= 11 is 0. The molecule has 90 valence electrons. The third-order valence-corrected chi connectivity index (χ3v) is 5.53. The first-order valence-electron chi connectivity index (χ1n) is 7.33. The van der Waals surface area contributed by atoms with E-state index in [0.717, 1.165) is 17.3 Å². The summed E-state index contributed by atoms with van der Waals surface area (Å²) in [4.78, 5) is 0. The molecule has 0 saturated heterocycles. The van der Waals surface area contributed by atoms with E-state index in [1.165, 1.54) is 32.1 Å². The summed E-state index contributed by atoms with van der Waals surface area (Å²) in [5.74, 6) is 2.15. The van der Waals surface area contributed by atoms with Crippen molar-refractivity contribution in [2.24, 2.45) is 22.7 Å². The fraction of sp³-hybridized carbons (Fsp3) is 0.875. The van der Waals surface area contributed by atoms with Crippen LogP contribution in [0.4, 0.5) is 0 Å². The highest BCUT2D eigenvalue weighted by Gasteiger charge is 2.55. The lowest BCUT2D eigenvalue weighted by atomic mass is 9.43. The maximum absolute atomic E-state index is 2.58. The van der Waals surface area contributed by atoms with E-state index in [0.29, 0.717) is 5.41 Å². The van der Waals surface area contributed by atoms with Crippen LogP contribution in [0.3, 0.4) is 0 Å². The van der Waals surface area contributed by atoms with E-state index in [4.69, 9.17) is 0 Å². The molecule has 4 bridgehead atoms. The zero-order valence-corrected chi connectivity index (χ0v) is 11.0. The Kier molecular flexibility index (Phi) is 2.46. The second kappa shape index (κ2) is 3.62. The quantitative estimate of drug-likeness (QED) is 0.588. The van der Waals surface area contributed by atoms with Gasteiger partial charge < -0.3 is 0 Å². The lowest BCUT2D eigenvalue weighted by Gasteiger charge is -2.62. The molecule has 0 aromatic carbocycles. The molecule has 4 saturated carbocycles. The zero-order valence-electron chi connectivity index (χ0n) is 11.0. The van der Waals surface area contributed by atoms with Crippen molar-refractivity contribution in [2.45, 2.75) is 65.2 Å². The molecule has 0 aliphatic heterocycles. The van der Waals surface area contributed by atoms with E-state index in [2.05, 4.69) is 26.0 Å². The van der Waals surface area contributed by atoms with Crippen LogP contribution in [0.25, 0.3) is 0 Å². The summed E-state index contributed by atoms with van der Waals surface area (Å²) in [5, 5.41) is 0. The minimum atomic E-state index is 0.633. The number of hydrogen-bond acceptors (Lipinski definition) is 0. The van der Waals surface area contributed by atoms with Crippen molar-refractivity contribution in [3.8, 4) is 0 Å². The largest absolute Gasteiger partial charge is 0.0911 e. The topological polar surface area (TPSA) is 0 Å². The molecule has 0 aromatic rings. The van der Waals surface area contributed by atoms with E-state index in [1.54, 1.807) is 19.3 Å². The van der Waals surface area contributed by atoms with Gasteiger partial charge in [-0.05, 0) is 74.5 Å². The first kappa shape index (κ1) is 10.9. The molecule has 0 heterocycles. The molecule has 4 rings (SSSR count). The number of hydrogen-bond donors (Lipinski definition) is 0. The van der Waals surface area contributed by atoms with E-state index in [-0.39, 0.29) is 0 Å². The molecule has 0 nitrogen and oxygen atoms in total. The van der Waals surface area contributed by atoms with E-state index in [1.807, 2.05) is 0 Å².